The van der Waals surface area contributed by atoms with Crippen LogP contribution in [0.2, 0.25) is 0 Å². The Morgan fingerprint density at radius 3 is 3.08 bits per heavy atom. The molecule has 0 saturated heterocycles. The summed E-state index contributed by atoms with van der Waals surface area (Å²) >= 11 is 0. The average Bonchev–Trinajstić information content (AvgIpc) is 2.45. The molecule has 0 saturated carbocycles. The van der Waals surface area contributed by atoms with Crippen LogP contribution in [0.1, 0.15) is 11.7 Å². The monoisotopic (exact) mass is 183 g/mol. The Hall–Kier alpha value is -1.85. The van der Waals surface area contributed by atoms with E-state index in [-0.39, 0.29) is 0 Å². The number of aryl methyl sites for hydroxylation is 1. The van der Waals surface area contributed by atoms with Crippen molar-refractivity contribution in [2.24, 2.45) is 0 Å². The molecule has 0 unspecified atom stereocenters. The van der Waals surface area contributed by atoms with Crippen LogP contribution in [0.4, 0.5) is 0 Å². The lowest BCUT2D eigenvalue weighted by Gasteiger charge is -1.91. The number of carboxylic acids is 1. The minimum Gasteiger partial charge on any atom is -0.478 e. The zero-order chi connectivity index (χ0) is 9.68. The number of nitrogens with one attached hydrogen (secondary N) is 1. The summed E-state index contributed by atoms with van der Waals surface area (Å²) in [5, 5.41) is 14.5. The van der Waals surface area contributed by atoms with Gasteiger partial charge in [0.25, 0.3) is 0 Å². The maximum Gasteiger partial charge on any atom is 0.329 e. The second-order valence-electron chi connectivity index (χ2n) is 2.28. The first-order valence-corrected chi connectivity index (χ1v) is 3.60. The first-order chi connectivity index (χ1) is 6.18. The molecule has 1 aromatic rings. The highest BCUT2D eigenvalue weighted by molar-refractivity contribution is 5.79. The van der Waals surface area contributed by atoms with Gasteiger partial charge < -0.3 is 14.9 Å². The number of carbonyl (C=O) groups is 1. The zero-order valence-electron chi connectivity index (χ0n) is 7.02. The minimum absolute atomic E-state index is 0.348. The van der Waals surface area contributed by atoms with Crippen LogP contribution in [-0.4, -0.2) is 21.2 Å². The number of hydrogen-bond acceptors (Lipinski definition) is 5. The number of carboxylic acid groups (broad SMARTS) is 1. The highest BCUT2D eigenvalue weighted by atomic mass is 16.5. The van der Waals surface area contributed by atoms with Crippen LogP contribution in [0, 0.1) is 6.92 Å². The zero-order valence-corrected chi connectivity index (χ0v) is 7.02. The molecular weight excluding hydrogens is 174 g/mol. The summed E-state index contributed by atoms with van der Waals surface area (Å²) in [6.07, 6.45) is 2.31. The van der Waals surface area contributed by atoms with Crippen LogP contribution in [0.25, 0.3) is 0 Å². The first-order valence-electron chi connectivity index (χ1n) is 3.60. The molecule has 70 valence electrons. The van der Waals surface area contributed by atoms with Gasteiger partial charge in [-0.05, 0) is 0 Å². The van der Waals surface area contributed by atoms with Crippen molar-refractivity contribution in [1.29, 1.82) is 0 Å². The Labute approximate surface area is 74.3 Å². The van der Waals surface area contributed by atoms with Gasteiger partial charge in [0.2, 0.25) is 5.89 Å². The molecule has 0 aromatic carbocycles. The van der Waals surface area contributed by atoms with Gasteiger partial charge in [-0.3, -0.25) is 0 Å². The molecule has 0 amide bonds. The van der Waals surface area contributed by atoms with E-state index >= 15 is 0 Å². The van der Waals surface area contributed by atoms with Crippen LogP contribution in [0.3, 0.4) is 0 Å². The summed E-state index contributed by atoms with van der Waals surface area (Å²) in [5.74, 6) is -0.0247. The number of nitrogens with zero attached hydrogens (tertiary/aromatic N) is 2. The summed E-state index contributed by atoms with van der Waals surface area (Å²) in [4.78, 5) is 13.9. The SMILES string of the molecule is Cc1nc(CN/C=C/C(=O)O)no1. The Kier molecular flexibility index (Phi) is 3.02. The molecule has 1 aromatic heterocycles. The van der Waals surface area contributed by atoms with Crippen LogP contribution in [0.5, 0.6) is 0 Å². The van der Waals surface area contributed by atoms with Crippen LogP contribution in [0.15, 0.2) is 16.8 Å². The lowest BCUT2D eigenvalue weighted by molar-refractivity contribution is -0.131. The van der Waals surface area contributed by atoms with E-state index in [0.717, 1.165) is 6.08 Å². The lowest BCUT2D eigenvalue weighted by atomic mass is 10.5. The maximum atomic E-state index is 10.0. The van der Waals surface area contributed by atoms with Crippen molar-refractivity contribution in [3.8, 4) is 0 Å². The molecule has 1 rings (SSSR count). The van der Waals surface area contributed by atoms with Crippen molar-refractivity contribution in [3.05, 3.63) is 24.0 Å². The average molecular weight is 183 g/mol. The summed E-state index contributed by atoms with van der Waals surface area (Å²) in [5.41, 5.74) is 0. The molecule has 0 radical (unpaired) electrons. The van der Waals surface area contributed by atoms with Gasteiger partial charge in [0, 0.05) is 19.2 Å². The molecule has 0 atom stereocenters. The molecule has 0 fully saturated rings. The number of hydrogen-bond donors (Lipinski definition) is 2. The van der Waals surface area contributed by atoms with Crippen molar-refractivity contribution < 1.29 is 14.4 Å². The molecule has 0 bridgehead atoms. The van der Waals surface area contributed by atoms with Crippen LogP contribution >= 0.6 is 0 Å². The fourth-order valence-corrected chi connectivity index (χ4v) is 0.694. The van der Waals surface area contributed by atoms with E-state index in [9.17, 15) is 4.79 Å². The Bertz CT molecular complexity index is 319. The predicted molar refractivity (Wildman–Crippen MR) is 42.7 cm³/mol. The van der Waals surface area contributed by atoms with Gasteiger partial charge in [-0.15, -0.1) is 0 Å². The topological polar surface area (TPSA) is 88.2 Å². The lowest BCUT2D eigenvalue weighted by Crippen LogP contribution is -2.06. The van der Waals surface area contributed by atoms with Crippen molar-refractivity contribution in [2.45, 2.75) is 13.5 Å². The van der Waals surface area contributed by atoms with E-state index in [0.29, 0.717) is 18.3 Å². The largest absolute Gasteiger partial charge is 0.478 e. The number of rotatable bonds is 4. The standard InChI is InChI=1S/C7H9N3O3/c1-5-9-6(10-13-5)4-8-3-2-7(11)12/h2-3,8H,4H2,1H3,(H,11,12)/b3-2+. The number of aromatic nitrogens is 2. The van der Waals surface area contributed by atoms with Crippen molar-refractivity contribution >= 4 is 5.97 Å². The van der Waals surface area contributed by atoms with Gasteiger partial charge in [0.05, 0.1) is 6.54 Å². The quantitative estimate of drug-likeness (QED) is 0.642. The third-order valence-electron chi connectivity index (χ3n) is 1.17. The van der Waals surface area contributed by atoms with Crippen LogP contribution < -0.4 is 5.32 Å². The highest BCUT2D eigenvalue weighted by Gasteiger charge is 1.98. The van der Waals surface area contributed by atoms with Gasteiger partial charge >= 0.3 is 5.97 Å². The summed E-state index contributed by atoms with van der Waals surface area (Å²) < 4.78 is 4.70. The summed E-state index contributed by atoms with van der Waals surface area (Å²) in [6.45, 7) is 2.03. The normalized spacial score (nSPS) is 10.5. The Morgan fingerprint density at radius 1 is 1.77 bits per heavy atom. The second kappa shape index (κ2) is 4.24. The molecule has 0 spiro atoms. The van der Waals surface area contributed by atoms with Crippen molar-refractivity contribution in [3.63, 3.8) is 0 Å². The Balaban J connectivity index is 2.31. The molecule has 6 heteroatoms. The van der Waals surface area contributed by atoms with Gasteiger partial charge in [-0.1, -0.05) is 5.16 Å². The molecule has 0 aliphatic heterocycles. The van der Waals surface area contributed by atoms with Crippen molar-refractivity contribution in [2.75, 3.05) is 0 Å². The van der Waals surface area contributed by atoms with E-state index in [1.165, 1.54) is 6.20 Å². The molecule has 0 aliphatic rings. The predicted octanol–water partition coefficient (Wildman–Crippen LogP) is 0.0659. The van der Waals surface area contributed by atoms with E-state index < -0.39 is 5.97 Å². The van der Waals surface area contributed by atoms with E-state index in [2.05, 4.69) is 15.5 Å². The van der Waals surface area contributed by atoms with Gasteiger partial charge in [-0.2, -0.15) is 4.98 Å². The smallest absolute Gasteiger partial charge is 0.329 e. The molecule has 0 aliphatic carbocycles. The molecule has 2 N–H and O–H groups in total. The van der Waals surface area contributed by atoms with Gasteiger partial charge in [0.15, 0.2) is 5.82 Å². The van der Waals surface area contributed by atoms with Crippen LogP contribution in [-0.2, 0) is 11.3 Å². The molecule has 6 nitrogen and oxygen atoms in total. The maximum absolute atomic E-state index is 10.0. The van der Waals surface area contributed by atoms with Gasteiger partial charge in [-0.25, -0.2) is 4.79 Å². The van der Waals surface area contributed by atoms with Gasteiger partial charge in [0.1, 0.15) is 0 Å². The third-order valence-corrected chi connectivity index (χ3v) is 1.17. The highest BCUT2D eigenvalue weighted by Crippen LogP contribution is 1.93. The van der Waals surface area contributed by atoms with E-state index in [4.69, 9.17) is 9.63 Å². The molecular formula is C7H9N3O3. The molecule has 1 heterocycles. The van der Waals surface area contributed by atoms with E-state index in [1.54, 1.807) is 6.92 Å². The first kappa shape index (κ1) is 9.24. The fourth-order valence-electron chi connectivity index (χ4n) is 0.694. The second-order valence-corrected chi connectivity index (χ2v) is 2.28. The Morgan fingerprint density at radius 2 is 2.54 bits per heavy atom. The minimum atomic E-state index is -1.00. The third kappa shape index (κ3) is 3.37. The molecule has 13 heavy (non-hydrogen) atoms. The van der Waals surface area contributed by atoms with E-state index in [1.807, 2.05) is 0 Å². The fraction of sp³-hybridized carbons (Fsp3) is 0.286. The van der Waals surface area contributed by atoms with Crippen molar-refractivity contribution in [1.82, 2.24) is 15.5 Å². The summed E-state index contributed by atoms with van der Waals surface area (Å²) in [7, 11) is 0. The summed E-state index contributed by atoms with van der Waals surface area (Å²) in [6, 6.07) is 0. The number of aliphatic carboxylic acids is 1.